The van der Waals surface area contributed by atoms with Gasteiger partial charge in [0.15, 0.2) is 10.6 Å². The summed E-state index contributed by atoms with van der Waals surface area (Å²) in [7, 11) is -3.51. The first-order chi connectivity index (χ1) is 14.9. The van der Waals surface area contributed by atoms with Crippen LogP contribution in [0.25, 0.3) is 11.5 Å². The van der Waals surface area contributed by atoms with Gasteiger partial charge in [0.05, 0.1) is 35.8 Å². The first kappa shape index (κ1) is 22.0. The van der Waals surface area contributed by atoms with Crippen LogP contribution < -0.4 is 4.80 Å². The van der Waals surface area contributed by atoms with E-state index in [1.54, 1.807) is 41.9 Å². The van der Waals surface area contributed by atoms with Gasteiger partial charge in [0.2, 0.25) is 10.0 Å². The number of morpholine rings is 1. The van der Waals surface area contributed by atoms with E-state index in [2.05, 4.69) is 23.8 Å². The average molecular weight is 462 g/mol. The molecule has 1 fully saturated rings. The van der Waals surface area contributed by atoms with Crippen LogP contribution >= 0.6 is 11.3 Å². The van der Waals surface area contributed by atoms with Crippen molar-refractivity contribution < 1.29 is 17.6 Å². The number of ether oxygens (including phenoxy) is 1. The normalized spacial score (nSPS) is 16.3. The Labute approximate surface area is 186 Å². The minimum absolute atomic E-state index is 0.281. The van der Waals surface area contributed by atoms with Gasteiger partial charge in [-0.2, -0.15) is 4.31 Å². The molecule has 166 valence electrons. The van der Waals surface area contributed by atoms with Gasteiger partial charge in [-0.1, -0.05) is 13.8 Å². The monoisotopic (exact) mass is 461 g/mol. The number of aromatic nitrogens is 1. The highest BCUT2D eigenvalue weighted by Gasteiger charge is 2.26. The van der Waals surface area contributed by atoms with Crippen molar-refractivity contribution in [2.24, 2.45) is 10.9 Å². The van der Waals surface area contributed by atoms with Gasteiger partial charge in [0, 0.05) is 25.0 Å². The molecule has 31 heavy (non-hydrogen) atoms. The van der Waals surface area contributed by atoms with Crippen LogP contribution in [0.4, 0.5) is 5.69 Å². The lowest BCUT2D eigenvalue weighted by molar-refractivity contribution is 0.0730. The number of thiazole rings is 1. The van der Waals surface area contributed by atoms with E-state index in [1.165, 1.54) is 4.31 Å². The number of hydrogen-bond donors (Lipinski definition) is 0. The van der Waals surface area contributed by atoms with Gasteiger partial charge in [0.25, 0.3) is 0 Å². The van der Waals surface area contributed by atoms with E-state index in [9.17, 15) is 8.42 Å². The predicted molar refractivity (Wildman–Crippen MR) is 121 cm³/mol. The summed E-state index contributed by atoms with van der Waals surface area (Å²) in [6, 6.07) is 10.6. The van der Waals surface area contributed by atoms with Gasteiger partial charge in [-0.15, -0.1) is 11.3 Å². The Morgan fingerprint density at radius 1 is 1.13 bits per heavy atom. The van der Waals surface area contributed by atoms with Crippen molar-refractivity contribution in [3.05, 3.63) is 52.8 Å². The third-order valence-electron chi connectivity index (χ3n) is 5.17. The van der Waals surface area contributed by atoms with E-state index in [0.29, 0.717) is 37.9 Å². The fraction of sp³-hybridized carbons (Fsp3) is 0.409. The molecule has 0 spiro atoms. The lowest BCUT2D eigenvalue weighted by atomic mass is 10.1. The van der Waals surface area contributed by atoms with Crippen molar-refractivity contribution in [2.45, 2.75) is 31.7 Å². The summed E-state index contributed by atoms with van der Waals surface area (Å²) in [5.74, 6) is 1.38. The highest BCUT2D eigenvalue weighted by atomic mass is 32.2. The molecule has 9 heteroatoms. The maximum absolute atomic E-state index is 12.8. The maximum atomic E-state index is 12.8. The summed E-state index contributed by atoms with van der Waals surface area (Å²) in [4.78, 5) is 5.93. The number of sulfonamides is 1. The molecule has 0 saturated carbocycles. The summed E-state index contributed by atoms with van der Waals surface area (Å²) in [6.07, 6.45) is 2.69. The van der Waals surface area contributed by atoms with Crippen LogP contribution in [0.15, 0.2) is 62.3 Å². The van der Waals surface area contributed by atoms with Crippen molar-refractivity contribution >= 4 is 27.0 Å². The molecule has 7 nitrogen and oxygen atoms in total. The zero-order valence-corrected chi connectivity index (χ0v) is 19.4. The SMILES string of the molecule is CC(C)CCn1c(-c2ccco2)csc1=Nc1ccc(S(=O)(=O)N2CCOCC2)cc1. The minimum atomic E-state index is -3.51. The van der Waals surface area contributed by atoms with Gasteiger partial charge in [-0.3, -0.25) is 0 Å². The van der Waals surface area contributed by atoms with Crippen LogP contribution in [0.2, 0.25) is 0 Å². The van der Waals surface area contributed by atoms with E-state index < -0.39 is 10.0 Å². The summed E-state index contributed by atoms with van der Waals surface area (Å²) in [5.41, 5.74) is 1.72. The quantitative estimate of drug-likeness (QED) is 0.531. The van der Waals surface area contributed by atoms with E-state index >= 15 is 0 Å². The Morgan fingerprint density at radius 3 is 2.52 bits per heavy atom. The van der Waals surface area contributed by atoms with Crippen LogP contribution in [0, 0.1) is 5.92 Å². The van der Waals surface area contributed by atoms with E-state index in [-0.39, 0.29) is 4.90 Å². The number of furan rings is 1. The highest BCUT2D eigenvalue weighted by molar-refractivity contribution is 7.89. The molecular weight excluding hydrogens is 434 g/mol. The topological polar surface area (TPSA) is 77.0 Å². The summed E-state index contributed by atoms with van der Waals surface area (Å²) in [6.45, 7) is 6.86. The maximum Gasteiger partial charge on any atom is 0.243 e. The van der Waals surface area contributed by atoms with Crippen LogP contribution in [-0.2, 0) is 21.3 Å². The standard InChI is InChI=1S/C22H27N3O4S2/c1-17(2)9-10-25-20(21-4-3-13-29-21)16-30-22(25)23-18-5-7-19(8-6-18)31(26,27)24-11-14-28-15-12-24/h3-8,13,16-17H,9-12,14-15H2,1-2H3. The molecule has 1 aliphatic rings. The van der Waals surface area contributed by atoms with E-state index in [1.807, 2.05) is 12.1 Å². The molecule has 3 aromatic rings. The molecule has 1 aliphatic heterocycles. The van der Waals surface area contributed by atoms with Crippen LogP contribution in [0.5, 0.6) is 0 Å². The Hall–Kier alpha value is -2.20. The van der Waals surface area contributed by atoms with Crippen LogP contribution in [0.3, 0.4) is 0 Å². The third kappa shape index (κ3) is 5.01. The van der Waals surface area contributed by atoms with E-state index in [4.69, 9.17) is 14.1 Å². The second kappa shape index (κ2) is 9.52. The number of hydrogen-bond acceptors (Lipinski definition) is 6. The molecule has 1 aromatic carbocycles. The second-order valence-electron chi connectivity index (χ2n) is 7.84. The number of nitrogens with zero attached hydrogens (tertiary/aromatic N) is 3. The summed E-state index contributed by atoms with van der Waals surface area (Å²) in [5, 5.41) is 2.05. The van der Waals surface area contributed by atoms with Crippen molar-refractivity contribution in [2.75, 3.05) is 26.3 Å². The molecule has 0 bridgehead atoms. The molecule has 0 unspecified atom stereocenters. The van der Waals surface area contributed by atoms with Crippen molar-refractivity contribution in [3.8, 4) is 11.5 Å². The molecule has 3 heterocycles. The molecular formula is C22H27N3O4S2. The first-order valence-electron chi connectivity index (χ1n) is 10.4. The predicted octanol–water partition coefficient (Wildman–Crippen LogP) is 4.11. The fourth-order valence-corrected chi connectivity index (χ4v) is 5.73. The molecule has 2 aromatic heterocycles. The summed E-state index contributed by atoms with van der Waals surface area (Å²) >= 11 is 1.55. The minimum Gasteiger partial charge on any atom is -0.463 e. The van der Waals surface area contributed by atoms with Crippen molar-refractivity contribution in [1.29, 1.82) is 0 Å². The lowest BCUT2D eigenvalue weighted by Crippen LogP contribution is -2.40. The Morgan fingerprint density at radius 2 is 1.87 bits per heavy atom. The van der Waals surface area contributed by atoms with Crippen LogP contribution in [-0.4, -0.2) is 43.6 Å². The van der Waals surface area contributed by atoms with Crippen molar-refractivity contribution in [1.82, 2.24) is 8.87 Å². The third-order valence-corrected chi connectivity index (χ3v) is 7.95. The highest BCUT2D eigenvalue weighted by Crippen LogP contribution is 2.23. The van der Waals surface area contributed by atoms with Gasteiger partial charge in [-0.25, -0.2) is 13.4 Å². The Balaban J connectivity index is 1.64. The molecule has 0 atom stereocenters. The average Bonchev–Trinajstić information content (AvgIpc) is 3.43. The second-order valence-corrected chi connectivity index (χ2v) is 10.6. The largest absolute Gasteiger partial charge is 0.463 e. The molecule has 0 amide bonds. The fourth-order valence-electron chi connectivity index (χ4n) is 3.38. The molecule has 4 rings (SSSR count). The van der Waals surface area contributed by atoms with Crippen LogP contribution in [0.1, 0.15) is 20.3 Å². The van der Waals surface area contributed by atoms with E-state index in [0.717, 1.165) is 29.2 Å². The zero-order valence-electron chi connectivity index (χ0n) is 17.7. The summed E-state index contributed by atoms with van der Waals surface area (Å²) < 4.78 is 40.1. The Bertz CT molecular complexity index is 1150. The zero-order chi connectivity index (χ0) is 21.8. The molecule has 0 radical (unpaired) electrons. The smallest absolute Gasteiger partial charge is 0.243 e. The number of rotatable bonds is 7. The van der Waals surface area contributed by atoms with Gasteiger partial charge in [-0.05, 0) is 48.7 Å². The van der Waals surface area contributed by atoms with Gasteiger partial charge < -0.3 is 13.7 Å². The van der Waals surface area contributed by atoms with Gasteiger partial charge in [0.1, 0.15) is 0 Å². The molecule has 1 saturated heterocycles. The first-order valence-corrected chi connectivity index (χ1v) is 12.7. The van der Waals surface area contributed by atoms with Gasteiger partial charge >= 0.3 is 0 Å². The van der Waals surface area contributed by atoms with Crippen molar-refractivity contribution in [3.63, 3.8) is 0 Å². The lowest BCUT2D eigenvalue weighted by Gasteiger charge is -2.26. The number of benzene rings is 1. The Kier molecular flexibility index (Phi) is 6.76. The molecule has 0 aliphatic carbocycles. The molecule has 0 N–H and O–H groups in total.